The molecule has 0 aromatic carbocycles. The van der Waals surface area contributed by atoms with E-state index in [1.54, 1.807) is 0 Å². The predicted octanol–water partition coefficient (Wildman–Crippen LogP) is 2.43. The lowest BCUT2D eigenvalue weighted by molar-refractivity contribution is 0.446. The first kappa shape index (κ1) is 10.6. The molecule has 1 rings (SSSR count). The average Bonchev–Trinajstić information content (AvgIpc) is 2.07. The van der Waals surface area contributed by atoms with E-state index in [9.17, 15) is 0 Å². The summed E-state index contributed by atoms with van der Waals surface area (Å²) in [4.78, 5) is 2.10. The van der Waals surface area contributed by atoms with Gasteiger partial charge in [-0.2, -0.15) is 0 Å². The molecule has 0 aromatic rings. The fraction of sp³-hybridized carbons (Fsp3) is 0.600. The second kappa shape index (κ2) is 3.74. The first-order chi connectivity index (χ1) is 5.95. The molecule has 0 spiro atoms. The summed E-state index contributed by atoms with van der Waals surface area (Å²) in [5.41, 5.74) is 9.48. The maximum absolute atomic E-state index is 6.01. The Balaban J connectivity index is 3.11. The summed E-state index contributed by atoms with van der Waals surface area (Å²) in [5, 5.41) is 0. The Morgan fingerprint density at radius 1 is 1.46 bits per heavy atom. The van der Waals surface area contributed by atoms with E-state index in [4.69, 9.17) is 5.73 Å². The molecule has 0 aliphatic heterocycles. The second-order valence-electron chi connectivity index (χ2n) is 3.86. The smallest absolute Gasteiger partial charge is 0.0652 e. The van der Waals surface area contributed by atoms with Crippen LogP contribution < -0.4 is 5.73 Å². The number of rotatable bonds is 1. The van der Waals surface area contributed by atoms with E-state index in [-0.39, 0.29) is 0 Å². The van der Waals surface area contributed by atoms with Gasteiger partial charge in [0.1, 0.15) is 0 Å². The predicted molar refractivity (Wildman–Crippen MR) is 60.3 cm³/mol. The molecular formula is C10H17BrN2. The lowest BCUT2D eigenvalue weighted by Crippen LogP contribution is -2.23. The van der Waals surface area contributed by atoms with Gasteiger partial charge in [-0.05, 0) is 35.2 Å². The normalized spacial score (nSPS) is 23.9. The molecule has 0 fully saturated rings. The van der Waals surface area contributed by atoms with E-state index in [0.717, 1.165) is 16.6 Å². The number of hydrogen-bond acceptors (Lipinski definition) is 2. The van der Waals surface area contributed by atoms with Crippen LogP contribution in [0.3, 0.4) is 0 Å². The van der Waals surface area contributed by atoms with Crippen molar-refractivity contribution in [2.24, 2.45) is 11.7 Å². The first-order valence-electron chi connectivity index (χ1n) is 4.47. The molecular weight excluding hydrogens is 228 g/mol. The fourth-order valence-electron chi connectivity index (χ4n) is 1.53. The summed E-state index contributed by atoms with van der Waals surface area (Å²) in [6.45, 7) is 4.36. The Kier molecular flexibility index (Phi) is 3.06. The highest BCUT2D eigenvalue weighted by atomic mass is 79.9. The zero-order chi connectivity index (χ0) is 10.2. The SMILES string of the molecule is CC1=C(Br)C(N)=C(N(C)C)CC1C. The van der Waals surface area contributed by atoms with Crippen molar-refractivity contribution in [3.05, 3.63) is 21.4 Å². The van der Waals surface area contributed by atoms with Crippen LogP contribution in [0.2, 0.25) is 0 Å². The Labute approximate surface area is 88.6 Å². The lowest BCUT2D eigenvalue weighted by atomic mass is 9.91. The number of nitrogens with zero attached hydrogens (tertiary/aromatic N) is 1. The average molecular weight is 245 g/mol. The number of nitrogens with two attached hydrogens (primary N) is 1. The van der Waals surface area contributed by atoms with Crippen LogP contribution in [0.5, 0.6) is 0 Å². The van der Waals surface area contributed by atoms with E-state index in [0.29, 0.717) is 5.92 Å². The largest absolute Gasteiger partial charge is 0.396 e. The van der Waals surface area contributed by atoms with Crippen LogP contribution in [0.1, 0.15) is 20.3 Å². The first-order valence-corrected chi connectivity index (χ1v) is 5.27. The Morgan fingerprint density at radius 2 is 2.00 bits per heavy atom. The molecule has 1 atom stereocenters. The molecule has 2 nitrogen and oxygen atoms in total. The molecule has 0 saturated carbocycles. The van der Waals surface area contributed by atoms with Crippen molar-refractivity contribution in [2.75, 3.05) is 14.1 Å². The van der Waals surface area contributed by atoms with Crippen LogP contribution in [0.15, 0.2) is 21.4 Å². The molecule has 1 aliphatic carbocycles. The lowest BCUT2D eigenvalue weighted by Gasteiger charge is -2.29. The molecule has 1 unspecified atom stereocenters. The van der Waals surface area contributed by atoms with Crippen molar-refractivity contribution < 1.29 is 0 Å². The van der Waals surface area contributed by atoms with Gasteiger partial charge in [0.25, 0.3) is 0 Å². The van der Waals surface area contributed by atoms with E-state index >= 15 is 0 Å². The summed E-state index contributed by atoms with van der Waals surface area (Å²) >= 11 is 3.54. The van der Waals surface area contributed by atoms with Gasteiger partial charge < -0.3 is 10.6 Å². The summed E-state index contributed by atoms with van der Waals surface area (Å²) < 4.78 is 1.08. The van der Waals surface area contributed by atoms with E-state index in [2.05, 4.69) is 34.7 Å². The summed E-state index contributed by atoms with van der Waals surface area (Å²) in [5.74, 6) is 0.582. The van der Waals surface area contributed by atoms with Crippen molar-refractivity contribution in [2.45, 2.75) is 20.3 Å². The van der Waals surface area contributed by atoms with Gasteiger partial charge in [0.2, 0.25) is 0 Å². The van der Waals surface area contributed by atoms with Crippen molar-refractivity contribution in [3.8, 4) is 0 Å². The van der Waals surface area contributed by atoms with Crippen LogP contribution >= 0.6 is 15.9 Å². The van der Waals surface area contributed by atoms with Crippen LogP contribution in [0.4, 0.5) is 0 Å². The second-order valence-corrected chi connectivity index (χ2v) is 4.65. The van der Waals surface area contributed by atoms with Crippen LogP contribution in [0, 0.1) is 5.92 Å². The minimum absolute atomic E-state index is 0.582. The zero-order valence-electron chi connectivity index (χ0n) is 8.69. The maximum atomic E-state index is 6.01. The molecule has 2 N–H and O–H groups in total. The highest BCUT2D eigenvalue weighted by molar-refractivity contribution is 9.12. The van der Waals surface area contributed by atoms with Gasteiger partial charge in [0.15, 0.2) is 0 Å². The Hall–Kier alpha value is -0.440. The van der Waals surface area contributed by atoms with Gasteiger partial charge in [-0.3, -0.25) is 0 Å². The highest BCUT2D eigenvalue weighted by Gasteiger charge is 2.22. The zero-order valence-corrected chi connectivity index (χ0v) is 10.3. The summed E-state index contributed by atoms with van der Waals surface area (Å²) in [6.07, 6.45) is 1.04. The van der Waals surface area contributed by atoms with E-state index in [1.807, 2.05) is 14.1 Å². The van der Waals surface area contributed by atoms with Crippen molar-refractivity contribution in [1.29, 1.82) is 0 Å². The molecule has 0 aromatic heterocycles. The molecule has 0 amide bonds. The summed E-state index contributed by atoms with van der Waals surface area (Å²) in [6, 6.07) is 0. The number of hydrogen-bond donors (Lipinski definition) is 1. The third-order valence-electron chi connectivity index (χ3n) is 2.67. The van der Waals surface area contributed by atoms with Crippen molar-refractivity contribution >= 4 is 15.9 Å². The quantitative estimate of drug-likeness (QED) is 0.768. The molecule has 74 valence electrons. The van der Waals surface area contributed by atoms with Crippen LogP contribution in [0.25, 0.3) is 0 Å². The molecule has 0 bridgehead atoms. The minimum Gasteiger partial charge on any atom is -0.396 e. The van der Waals surface area contributed by atoms with Gasteiger partial charge in [-0.1, -0.05) is 12.5 Å². The van der Waals surface area contributed by atoms with Gasteiger partial charge in [0.05, 0.1) is 5.70 Å². The highest BCUT2D eigenvalue weighted by Crippen LogP contribution is 2.35. The van der Waals surface area contributed by atoms with Gasteiger partial charge >= 0.3 is 0 Å². The third-order valence-corrected chi connectivity index (χ3v) is 3.72. The fourth-order valence-corrected chi connectivity index (χ4v) is 2.15. The van der Waals surface area contributed by atoms with E-state index in [1.165, 1.54) is 11.3 Å². The number of allylic oxidation sites excluding steroid dienone is 3. The molecule has 0 heterocycles. The monoisotopic (exact) mass is 244 g/mol. The molecule has 13 heavy (non-hydrogen) atoms. The maximum Gasteiger partial charge on any atom is 0.0652 e. The topological polar surface area (TPSA) is 29.3 Å². The molecule has 0 radical (unpaired) electrons. The van der Waals surface area contributed by atoms with Crippen LogP contribution in [-0.2, 0) is 0 Å². The van der Waals surface area contributed by atoms with Crippen LogP contribution in [-0.4, -0.2) is 19.0 Å². The van der Waals surface area contributed by atoms with Gasteiger partial charge in [0, 0.05) is 24.3 Å². The summed E-state index contributed by atoms with van der Waals surface area (Å²) in [7, 11) is 4.08. The van der Waals surface area contributed by atoms with Gasteiger partial charge in [-0.25, -0.2) is 0 Å². The molecule has 0 saturated heterocycles. The number of halogens is 1. The van der Waals surface area contributed by atoms with Gasteiger partial charge in [-0.15, -0.1) is 0 Å². The Morgan fingerprint density at radius 3 is 2.46 bits per heavy atom. The Bertz CT molecular complexity index is 277. The third kappa shape index (κ3) is 1.90. The van der Waals surface area contributed by atoms with E-state index < -0.39 is 0 Å². The van der Waals surface area contributed by atoms with Crippen molar-refractivity contribution in [1.82, 2.24) is 4.90 Å². The standard InChI is InChI=1S/C10H17BrN2/c1-6-5-8(13(3)4)10(12)9(11)7(6)2/h6H,5,12H2,1-4H3. The molecule has 1 aliphatic rings. The molecule has 3 heteroatoms. The van der Waals surface area contributed by atoms with Crippen molar-refractivity contribution in [3.63, 3.8) is 0 Å². The minimum atomic E-state index is 0.582.